The lowest BCUT2D eigenvalue weighted by Crippen LogP contribution is -2.70. The summed E-state index contributed by atoms with van der Waals surface area (Å²) in [7, 11) is 0. The van der Waals surface area contributed by atoms with Crippen molar-refractivity contribution in [3.63, 3.8) is 0 Å². The van der Waals surface area contributed by atoms with Gasteiger partial charge in [0.1, 0.15) is 28.5 Å². The minimum Gasteiger partial charge on any atom is -0.508 e. The lowest BCUT2D eigenvalue weighted by molar-refractivity contribution is -0.333. The Hall–Kier alpha value is -2.89. The Morgan fingerprint density at radius 2 is 1.68 bits per heavy atom. The zero-order valence-electron chi connectivity index (χ0n) is 22.0. The predicted octanol–water partition coefficient (Wildman–Crippen LogP) is 1.66. The second kappa shape index (κ2) is 10.3. The van der Waals surface area contributed by atoms with Crippen LogP contribution in [0, 0.1) is 17.3 Å². The van der Waals surface area contributed by atoms with Crippen LogP contribution in [0.4, 0.5) is 0 Å². The number of hydrogen-bond acceptors (Lipinski definition) is 10. The van der Waals surface area contributed by atoms with E-state index in [0.29, 0.717) is 0 Å². The Morgan fingerprint density at radius 1 is 1.05 bits per heavy atom. The Kier molecular flexibility index (Phi) is 8.08. The normalized spacial score (nSPS) is 38.9. The van der Waals surface area contributed by atoms with Gasteiger partial charge in [0.25, 0.3) is 0 Å². The van der Waals surface area contributed by atoms with Gasteiger partial charge in [-0.05, 0) is 46.6 Å². The molecule has 0 spiro atoms. The van der Waals surface area contributed by atoms with E-state index in [1.807, 2.05) is 0 Å². The zero-order chi connectivity index (χ0) is 28.7. The van der Waals surface area contributed by atoms with E-state index in [0.717, 1.165) is 0 Å². The summed E-state index contributed by atoms with van der Waals surface area (Å²) < 4.78 is 5.95. The fraction of sp³-hybridized carbons (Fsp3) is 0.536. The Morgan fingerprint density at radius 3 is 2.29 bits per heavy atom. The molecule has 0 amide bonds. The average molecular weight is 533 g/mol. The van der Waals surface area contributed by atoms with E-state index in [4.69, 9.17) is 14.9 Å². The van der Waals surface area contributed by atoms with Crippen molar-refractivity contribution < 1.29 is 49.8 Å². The summed E-state index contributed by atoms with van der Waals surface area (Å²) in [5.74, 6) is -8.66. The lowest BCUT2D eigenvalue weighted by atomic mass is 9.51. The summed E-state index contributed by atoms with van der Waals surface area (Å²) in [6.07, 6.45) is 8.10. The van der Waals surface area contributed by atoms with E-state index < -0.39 is 69.5 Å². The number of Topliss-reactive ketones (excluding diaryl/α,β-unsaturated/α-hetero) is 3. The molecule has 1 unspecified atom stereocenters. The second-order valence-corrected chi connectivity index (χ2v) is 10.6. The summed E-state index contributed by atoms with van der Waals surface area (Å²) in [5.41, 5.74) is -6.74. The zero-order valence-corrected chi connectivity index (χ0v) is 22.0. The monoisotopic (exact) mass is 532 g/mol. The van der Waals surface area contributed by atoms with Gasteiger partial charge in [0.15, 0.2) is 11.6 Å². The summed E-state index contributed by atoms with van der Waals surface area (Å²) in [4.78, 5) is 40.7. The third-order valence-electron chi connectivity index (χ3n) is 8.14. The second-order valence-electron chi connectivity index (χ2n) is 10.6. The number of ketones is 3. The standard InChI is InChI=1S/C28H36O10/c1-16-21(33)20(19(32)12-8-6-10-14-30)22-26(3)24(35)17(18(31)11-7-5-9-13-29)15-25(2,36)28(26,37)38-27(22,4)23(16)34/h5-6,8-10,12,17,22,29-30,32-33,36-37H,7,11,13-15H2,1-4H3/t17?,22-,25+,26-,27+,28+/m1/s1. The summed E-state index contributed by atoms with van der Waals surface area (Å²) in [6.45, 7) is 4.66. The first kappa shape index (κ1) is 29.7. The number of carbonyl (C=O) groups excluding carboxylic acids is 3. The van der Waals surface area contributed by atoms with Crippen LogP contribution in [0.1, 0.15) is 47.0 Å². The smallest absolute Gasteiger partial charge is 0.209 e. The first-order chi connectivity index (χ1) is 17.7. The number of hydrogen-bond donors (Lipinski definition) is 6. The van der Waals surface area contributed by atoms with Gasteiger partial charge in [-0.25, -0.2) is 0 Å². The summed E-state index contributed by atoms with van der Waals surface area (Å²) in [5, 5.41) is 63.3. The molecule has 0 aromatic rings. The van der Waals surface area contributed by atoms with Crippen LogP contribution in [-0.2, 0) is 19.1 Å². The molecule has 1 saturated heterocycles. The highest BCUT2D eigenvalue weighted by Crippen LogP contribution is 2.67. The molecule has 3 aliphatic rings. The number of aliphatic hydroxyl groups excluding tert-OH is 4. The molecule has 6 N–H and O–H groups in total. The molecule has 3 rings (SSSR count). The summed E-state index contributed by atoms with van der Waals surface area (Å²) in [6, 6.07) is 0. The molecule has 0 radical (unpaired) electrons. The van der Waals surface area contributed by atoms with E-state index in [-0.39, 0.29) is 37.2 Å². The quantitative estimate of drug-likeness (QED) is 0.116. The molecular weight excluding hydrogens is 496 g/mol. The molecule has 10 heteroatoms. The first-order valence-electron chi connectivity index (χ1n) is 12.5. The van der Waals surface area contributed by atoms with E-state index in [1.165, 1.54) is 58.1 Å². The molecule has 1 aliphatic heterocycles. The predicted molar refractivity (Wildman–Crippen MR) is 136 cm³/mol. The van der Waals surface area contributed by atoms with Crippen LogP contribution in [0.25, 0.3) is 0 Å². The topological polar surface area (TPSA) is 182 Å². The molecule has 1 heterocycles. The van der Waals surface area contributed by atoms with Crippen molar-refractivity contribution in [1.82, 2.24) is 0 Å². The van der Waals surface area contributed by atoms with Crippen LogP contribution in [0.3, 0.4) is 0 Å². The highest BCUT2D eigenvalue weighted by atomic mass is 16.7. The fourth-order valence-electron chi connectivity index (χ4n) is 6.24. The van der Waals surface area contributed by atoms with E-state index in [2.05, 4.69) is 0 Å². The van der Waals surface area contributed by atoms with Crippen LogP contribution >= 0.6 is 0 Å². The lowest BCUT2D eigenvalue weighted by Gasteiger charge is -2.53. The van der Waals surface area contributed by atoms with Crippen molar-refractivity contribution in [1.29, 1.82) is 0 Å². The molecule has 2 aliphatic carbocycles. The molecule has 208 valence electrons. The van der Waals surface area contributed by atoms with Gasteiger partial charge in [0, 0.05) is 23.5 Å². The van der Waals surface area contributed by atoms with Crippen LogP contribution in [0.5, 0.6) is 0 Å². The number of ether oxygens (including phenoxy) is 1. The van der Waals surface area contributed by atoms with E-state index >= 15 is 0 Å². The van der Waals surface area contributed by atoms with Crippen LogP contribution < -0.4 is 0 Å². The van der Waals surface area contributed by atoms with Gasteiger partial charge >= 0.3 is 0 Å². The highest BCUT2D eigenvalue weighted by Gasteiger charge is 2.82. The van der Waals surface area contributed by atoms with Gasteiger partial charge in [-0.1, -0.05) is 30.4 Å². The van der Waals surface area contributed by atoms with Gasteiger partial charge in [-0.3, -0.25) is 14.4 Å². The number of carbonyl (C=O) groups is 3. The van der Waals surface area contributed by atoms with Crippen molar-refractivity contribution in [3.05, 3.63) is 59.1 Å². The Balaban J connectivity index is 2.24. The van der Waals surface area contributed by atoms with Crippen molar-refractivity contribution in [3.8, 4) is 0 Å². The van der Waals surface area contributed by atoms with Gasteiger partial charge in [-0.2, -0.15) is 0 Å². The van der Waals surface area contributed by atoms with Gasteiger partial charge in [-0.15, -0.1) is 0 Å². The van der Waals surface area contributed by atoms with Crippen molar-refractivity contribution in [2.75, 3.05) is 13.2 Å². The molecule has 2 fully saturated rings. The van der Waals surface area contributed by atoms with Gasteiger partial charge in [0.2, 0.25) is 5.79 Å². The minimum atomic E-state index is -2.66. The Bertz CT molecular complexity index is 1170. The van der Waals surface area contributed by atoms with Crippen molar-refractivity contribution in [2.24, 2.45) is 17.3 Å². The van der Waals surface area contributed by atoms with Crippen LogP contribution in [0.2, 0.25) is 0 Å². The molecule has 10 nitrogen and oxygen atoms in total. The highest BCUT2D eigenvalue weighted by molar-refractivity contribution is 6.10. The first-order valence-corrected chi connectivity index (χ1v) is 12.5. The maximum Gasteiger partial charge on any atom is 0.209 e. The molecule has 0 aromatic heterocycles. The minimum absolute atomic E-state index is 0.0721. The average Bonchev–Trinajstić information content (AvgIpc) is 3.06. The fourth-order valence-corrected chi connectivity index (χ4v) is 6.24. The molecule has 0 bridgehead atoms. The maximum absolute atomic E-state index is 14.1. The molecule has 38 heavy (non-hydrogen) atoms. The van der Waals surface area contributed by atoms with Crippen molar-refractivity contribution >= 4 is 17.3 Å². The van der Waals surface area contributed by atoms with E-state index in [9.17, 15) is 34.8 Å². The number of rotatable bonds is 8. The molecular formula is C28H36O10. The third-order valence-corrected chi connectivity index (χ3v) is 8.14. The number of allylic oxidation sites excluding steroid dienone is 5. The van der Waals surface area contributed by atoms with Gasteiger partial charge < -0.3 is 35.4 Å². The van der Waals surface area contributed by atoms with Crippen LogP contribution in [0.15, 0.2) is 59.1 Å². The summed E-state index contributed by atoms with van der Waals surface area (Å²) >= 11 is 0. The van der Waals surface area contributed by atoms with Crippen LogP contribution in [-0.4, -0.2) is 78.2 Å². The number of fused-ring (bicyclic) bond motifs is 3. The molecule has 0 aromatic carbocycles. The Labute approximate surface area is 220 Å². The molecule has 6 atom stereocenters. The molecule has 1 saturated carbocycles. The van der Waals surface area contributed by atoms with Gasteiger partial charge in [0.05, 0.1) is 24.5 Å². The van der Waals surface area contributed by atoms with Crippen molar-refractivity contribution in [2.45, 2.75) is 63.9 Å². The SMILES string of the molecule is CC1=C(O)C(=C(O)C=CC=CCO)[C@@H]2[C@]3(C)C(=O)C(C(=O)CCC=CCO)C[C@](C)(O)[C@]3(O)O[C@]2(C)C1=O. The maximum atomic E-state index is 14.1. The third kappa shape index (κ3) is 4.20. The number of aliphatic hydroxyl groups is 6. The largest absolute Gasteiger partial charge is 0.508 e. The van der Waals surface area contributed by atoms with E-state index in [1.54, 1.807) is 6.08 Å².